The third kappa shape index (κ3) is 5.06. The van der Waals surface area contributed by atoms with E-state index in [1.165, 1.54) is 0 Å². The first kappa shape index (κ1) is 18.0. The van der Waals surface area contributed by atoms with Gasteiger partial charge in [-0.05, 0) is 36.3 Å². The Kier molecular flexibility index (Phi) is 6.48. The predicted octanol–water partition coefficient (Wildman–Crippen LogP) is 2.93. The molecule has 2 aliphatic rings. The third-order valence-corrected chi connectivity index (χ3v) is 5.07. The smallest absolute Gasteiger partial charge is 0.318 e. The summed E-state index contributed by atoms with van der Waals surface area (Å²) in [6.07, 6.45) is 3.16. The first-order valence-electron chi connectivity index (χ1n) is 9.17. The number of amides is 2. The van der Waals surface area contributed by atoms with Crippen LogP contribution in [0.1, 0.15) is 24.8 Å². The van der Waals surface area contributed by atoms with Crippen molar-refractivity contribution in [2.75, 3.05) is 39.5 Å². The summed E-state index contributed by atoms with van der Waals surface area (Å²) in [5.74, 6) is 0.620. The Morgan fingerprint density at radius 2 is 1.92 bits per heavy atom. The number of hydrogen-bond acceptors (Lipinski definition) is 3. The van der Waals surface area contributed by atoms with Gasteiger partial charge in [-0.15, -0.1) is 0 Å². The fraction of sp³-hybridized carbons (Fsp3) is 0.550. The number of carbonyl (C=O) groups excluding carboxylic acids is 1. The Morgan fingerprint density at radius 3 is 2.68 bits per heavy atom. The maximum atomic E-state index is 12.7. The number of nitrogens with one attached hydrogen (secondary N) is 1. The number of hydrogen-bond donors (Lipinski definition) is 1. The molecule has 0 aliphatic carbocycles. The molecule has 2 aliphatic heterocycles. The highest BCUT2D eigenvalue weighted by Gasteiger charge is 2.30. The van der Waals surface area contributed by atoms with E-state index in [-0.39, 0.29) is 12.1 Å². The maximum Gasteiger partial charge on any atom is 0.318 e. The molecule has 2 saturated heterocycles. The number of urea groups is 1. The predicted molar refractivity (Wildman–Crippen MR) is 98.3 cm³/mol. The van der Waals surface area contributed by atoms with Crippen LogP contribution in [0.5, 0.6) is 0 Å². The molecule has 0 aromatic heterocycles. The Labute approximate surface area is 150 Å². The number of carbonyl (C=O) groups is 1. The molecule has 1 aromatic rings. The highest BCUT2D eigenvalue weighted by Crippen LogP contribution is 2.24. The molecule has 2 amide bonds. The van der Waals surface area contributed by atoms with E-state index in [2.05, 4.69) is 11.9 Å². The number of nitrogens with zero attached hydrogens (tertiary/aromatic N) is 1. The van der Waals surface area contributed by atoms with Crippen LogP contribution in [0.15, 0.2) is 36.9 Å². The Hall–Kier alpha value is -1.85. The zero-order chi connectivity index (χ0) is 17.5. The van der Waals surface area contributed by atoms with Crippen molar-refractivity contribution in [2.45, 2.75) is 25.3 Å². The van der Waals surface area contributed by atoms with Gasteiger partial charge in [0.05, 0.1) is 19.3 Å². The number of benzene rings is 1. The monoisotopic (exact) mass is 344 g/mol. The van der Waals surface area contributed by atoms with Crippen molar-refractivity contribution in [1.29, 1.82) is 0 Å². The molecule has 2 heterocycles. The van der Waals surface area contributed by atoms with Crippen molar-refractivity contribution < 1.29 is 14.3 Å². The normalized spacial score (nSPS) is 21.8. The topological polar surface area (TPSA) is 50.8 Å². The van der Waals surface area contributed by atoms with Gasteiger partial charge >= 0.3 is 6.03 Å². The molecule has 0 saturated carbocycles. The van der Waals surface area contributed by atoms with Gasteiger partial charge in [0.15, 0.2) is 0 Å². The average Bonchev–Trinajstić information content (AvgIpc) is 2.68. The molecule has 0 spiro atoms. The third-order valence-electron chi connectivity index (χ3n) is 5.07. The molecule has 1 N–H and O–H groups in total. The molecule has 3 rings (SSSR count). The van der Waals surface area contributed by atoms with Crippen molar-refractivity contribution in [1.82, 2.24) is 10.2 Å². The van der Waals surface area contributed by atoms with Gasteiger partial charge in [0.1, 0.15) is 0 Å². The molecular formula is C20H28N2O3. The van der Waals surface area contributed by atoms with Crippen LogP contribution < -0.4 is 5.32 Å². The first-order chi connectivity index (χ1) is 12.2. The fourth-order valence-corrected chi connectivity index (χ4v) is 3.54. The number of rotatable bonds is 5. The Balaban J connectivity index is 1.52. The summed E-state index contributed by atoms with van der Waals surface area (Å²) >= 11 is 0. The second-order valence-electron chi connectivity index (χ2n) is 6.84. The molecule has 0 radical (unpaired) electrons. The molecule has 5 heteroatoms. The molecule has 0 bridgehead atoms. The van der Waals surface area contributed by atoms with Crippen molar-refractivity contribution in [2.24, 2.45) is 5.92 Å². The zero-order valence-corrected chi connectivity index (χ0v) is 14.8. The Bertz CT molecular complexity index is 570. The van der Waals surface area contributed by atoms with E-state index in [9.17, 15) is 4.79 Å². The minimum Gasteiger partial charge on any atom is -0.381 e. The van der Waals surface area contributed by atoms with Crippen LogP contribution in [0.25, 0.3) is 5.57 Å². The van der Waals surface area contributed by atoms with Gasteiger partial charge in [-0.25, -0.2) is 4.79 Å². The van der Waals surface area contributed by atoms with E-state index in [1.54, 1.807) is 0 Å². The molecule has 1 aromatic carbocycles. The lowest BCUT2D eigenvalue weighted by atomic mass is 9.92. The lowest BCUT2D eigenvalue weighted by Crippen LogP contribution is -2.53. The van der Waals surface area contributed by atoms with Crippen LogP contribution in [-0.2, 0) is 9.47 Å². The molecule has 5 nitrogen and oxygen atoms in total. The summed E-state index contributed by atoms with van der Waals surface area (Å²) < 4.78 is 11.1. The molecule has 1 atom stereocenters. The highest BCUT2D eigenvalue weighted by atomic mass is 16.5. The van der Waals surface area contributed by atoms with Crippen molar-refractivity contribution in [3.63, 3.8) is 0 Å². The fourth-order valence-electron chi connectivity index (χ4n) is 3.54. The van der Waals surface area contributed by atoms with Gasteiger partial charge in [0.2, 0.25) is 0 Å². The van der Waals surface area contributed by atoms with E-state index >= 15 is 0 Å². The minimum absolute atomic E-state index is 0.0163. The summed E-state index contributed by atoms with van der Waals surface area (Å²) in [4.78, 5) is 14.6. The lowest BCUT2D eigenvalue weighted by Gasteiger charge is -2.38. The highest BCUT2D eigenvalue weighted by molar-refractivity contribution is 5.77. The van der Waals surface area contributed by atoms with E-state index in [0.717, 1.165) is 43.6 Å². The van der Waals surface area contributed by atoms with Crippen LogP contribution in [0.2, 0.25) is 0 Å². The summed E-state index contributed by atoms with van der Waals surface area (Å²) in [5, 5.41) is 3.03. The van der Waals surface area contributed by atoms with Crippen LogP contribution in [0, 0.1) is 5.92 Å². The molecule has 1 unspecified atom stereocenters. The van der Waals surface area contributed by atoms with Crippen LogP contribution >= 0.6 is 0 Å². The van der Waals surface area contributed by atoms with Gasteiger partial charge in [0.25, 0.3) is 0 Å². The van der Waals surface area contributed by atoms with Crippen LogP contribution in [0.3, 0.4) is 0 Å². The van der Waals surface area contributed by atoms with Gasteiger partial charge < -0.3 is 19.7 Å². The molecule has 25 heavy (non-hydrogen) atoms. The van der Waals surface area contributed by atoms with Gasteiger partial charge in [-0.1, -0.05) is 36.9 Å². The SMILES string of the molecule is C=C(CNC(=O)N1CCOCC1CC1CCOCC1)c1ccccc1. The summed E-state index contributed by atoms with van der Waals surface area (Å²) in [7, 11) is 0. The maximum absolute atomic E-state index is 12.7. The quantitative estimate of drug-likeness (QED) is 0.893. The van der Waals surface area contributed by atoms with Gasteiger partial charge in [-0.2, -0.15) is 0 Å². The zero-order valence-electron chi connectivity index (χ0n) is 14.8. The molecule has 2 fully saturated rings. The van der Waals surface area contributed by atoms with Crippen molar-refractivity contribution in [3.05, 3.63) is 42.5 Å². The van der Waals surface area contributed by atoms with Gasteiger partial charge in [0, 0.05) is 26.3 Å². The standard InChI is InChI=1S/C20H28N2O3/c1-16(18-5-3-2-4-6-18)14-21-20(23)22-9-12-25-15-19(22)13-17-7-10-24-11-8-17/h2-6,17,19H,1,7-15H2,(H,21,23). The Morgan fingerprint density at radius 1 is 1.16 bits per heavy atom. The summed E-state index contributed by atoms with van der Waals surface area (Å²) in [6.45, 7) is 8.10. The second-order valence-corrected chi connectivity index (χ2v) is 6.84. The van der Waals surface area contributed by atoms with Crippen LogP contribution in [-0.4, -0.2) is 56.5 Å². The number of morpholine rings is 1. The minimum atomic E-state index is -0.0163. The molecular weight excluding hydrogens is 316 g/mol. The first-order valence-corrected chi connectivity index (χ1v) is 9.17. The van der Waals surface area contributed by atoms with Crippen molar-refractivity contribution in [3.8, 4) is 0 Å². The van der Waals surface area contributed by atoms with E-state index in [0.29, 0.717) is 32.2 Å². The lowest BCUT2D eigenvalue weighted by molar-refractivity contribution is -0.00725. The average molecular weight is 344 g/mol. The van der Waals surface area contributed by atoms with E-state index in [4.69, 9.17) is 9.47 Å². The van der Waals surface area contributed by atoms with E-state index in [1.807, 2.05) is 35.2 Å². The second kappa shape index (κ2) is 9.02. The summed E-state index contributed by atoms with van der Waals surface area (Å²) in [6, 6.07) is 10.1. The molecule has 136 valence electrons. The largest absolute Gasteiger partial charge is 0.381 e. The van der Waals surface area contributed by atoms with Crippen molar-refractivity contribution >= 4 is 11.6 Å². The van der Waals surface area contributed by atoms with Crippen LogP contribution in [0.4, 0.5) is 4.79 Å². The summed E-state index contributed by atoms with van der Waals surface area (Å²) in [5.41, 5.74) is 1.98. The number of ether oxygens (including phenoxy) is 2. The van der Waals surface area contributed by atoms with E-state index < -0.39 is 0 Å². The van der Waals surface area contributed by atoms with Gasteiger partial charge in [-0.3, -0.25) is 0 Å².